The Balaban J connectivity index is 1.81. The van der Waals surface area contributed by atoms with Crippen LogP contribution < -0.4 is 15.8 Å². The maximum Gasteiger partial charge on any atom is 0.229 e. The van der Waals surface area contributed by atoms with Gasteiger partial charge in [-0.15, -0.1) is 0 Å². The van der Waals surface area contributed by atoms with Gasteiger partial charge in [-0.1, -0.05) is 29.9 Å². The standard InChI is InChI=1S/C15H17N3O2S/c1-20-11-7-3-6-10(8-11)12-13(16)21-15(17-12)18-14(19)9-4-2-5-9/h3,6-9H,2,4-5,16H2,1H3,(H,17,18,19). The summed E-state index contributed by atoms with van der Waals surface area (Å²) in [4.78, 5) is 16.4. The highest BCUT2D eigenvalue weighted by Gasteiger charge is 2.26. The van der Waals surface area contributed by atoms with Crippen molar-refractivity contribution in [1.82, 2.24) is 4.98 Å². The number of nitrogen functional groups attached to an aromatic ring is 1. The van der Waals surface area contributed by atoms with Gasteiger partial charge in [-0.2, -0.15) is 0 Å². The van der Waals surface area contributed by atoms with Gasteiger partial charge in [0.15, 0.2) is 5.13 Å². The zero-order chi connectivity index (χ0) is 14.8. The quantitative estimate of drug-likeness (QED) is 0.909. The Hall–Kier alpha value is -2.08. The smallest absolute Gasteiger partial charge is 0.229 e. The average Bonchev–Trinajstić information content (AvgIpc) is 2.77. The van der Waals surface area contributed by atoms with Gasteiger partial charge in [-0.25, -0.2) is 4.98 Å². The number of ether oxygens (including phenoxy) is 1. The Morgan fingerprint density at radius 3 is 2.95 bits per heavy atom. The number of carbonyl (C=O) groups excluding carboxylic acids is 1. The van der Waals surface area contributed by atoms with Crippen molar-refractivity contribution in [3.63, 3.8) is 0 Å². The van der Waals surface area contributed by atoms with E-state index in [0.29, 0.717) is 15.8 Å². The lowest BCUT2D eigenvalue weighted by atomic mass is 9.85. The SMILES string of the molecule is COc1cccc(-c2nc(NC(=O)C3CCC3)sc2N)c1. The summed E-state index contributed by atoms with van der Waals surface area (Å²) in [6, 6.07) is 7.55. The lowest BCUT2D eigenvalue weighted by Crippen LogP contribution is -2.27. The fourth-order valence-electron chi connectivity index (χ4n) is 2.24. The maximum absolute atomic E-state index is 11.9. The molecule has 6 heteroatoms. The molecule has 1 fully saturated rings. The Kier molecular flexibility index (Phi) is 3.79. The van der Waals surface area contributed by atoms with Crippen LogP contribution in [0.25, 0.3) is 11.3 Å². The van der Waals surface area contributed by atoms with E-state index in [0.717, 1.165) is 30.6 Å². The van der Waals surface area contributed by atoms with Crippen molar-refractivity contribution in [2.24, 2.45) is 5.92 Å². The highest BCUT2D eigenvalue weighted by atomic mass is 32.1. The van der Waals surface area contributed by atoms with E-state index in [9.17, 15) is 4.79 Å². The molecule has 1 amide bonds. The number of hydrogen-bond acceptors (Lipinski definition) is 5. The first kappa shape index (κ1) is 13.9. The van der Waals surface area contributed by atoms with Crippen LogP contribution in [0.3, 0.4) is 0 Å². The third-order valence-corrected chi connectivity index (χ3v) is 4.50. The van der Waals surface area contributed by atoms with Crippen LogP contribution in [0.15, 0.2) is 24.3 Å². The number of amides is 1. The van der Waals surface area contributed by atoms with Gasteiger partial charge in [0.05, 0.1) is 7.11 Å². The van der Waals surface area contributed by atoms with Crippen LogP contribution in [0.4, 0.5) is 10.1 Å². The van der Waals surface area contributed by atoms with Crippen molar-refractivity contribution >= 4 is 27.4 Å². The maximum atomic E-state index is 11.9. The first-order valence-electron chi connectivity index (χ1n) is 6.89. The van der Waals surface area contributed by atoms with Crippen molar-refractivity contribution in [1.29, 1.82) is 0 Å². The number of carbonyl (C=O) groups is 1. The molecule has 1 aliphatic carbocycles. The van der Waals surface area contributed by atoms with Crippen LogP contribution in [0.1, 0.15) is 19.3 Å². The Morgan fingerprint density at radius 2 is 2.29 bits per heavy atom. The van der Waals surface area contributed by atoms with E-state index < -0.39 is 0 Å². The first-order valence-corrected chi connectivity index (χ1v) is 7.70. The summed E-state index contributed by atoms with van der Waals surface area (Å²) < 4.78 is 5.21. The zero-order valence-corrected chi connectivity index (χ0v) is 12.6. The van der Waals surface area contributed by atoms with Crippen LogP contribution in [-0.4, -0.2) is 18.0 Å². The molecule has 21 heavy (non-hydrogen) atoms. The Bertz CT molecular complexity index is 665. The lowest BCUT2D eigenvalue weighted by Gasteiger charge is -2.23. The summed E-state index contributed by atoms with van der Waals surface area (Å²) >= 11 is 1.30. The largest absolute Gasteiger partial charge is 0.497 e. The Labute approximate surface area is 127 Å². The molecule has 0 spiro atoms. The van der Waals surface area contributed by atoms with Crippen molar-refractivity contribution in [2.45, 2.75) is 19.3 Å². The number of methoxy groups -OCH3 is 1. The van der Waals surface area contributed by atoms with Crippen molar-refractivity contribution < 1.29 is 9.53 Å². The van der Waals surface area contributed by atoms with Crippen LogP contribution in [0.5, 0.6) is 5.75 Å². The molecule has 0 atom stereocenters. The van der Waals surface area contributed by atoms with Gasteiger partial charge in [0.1, 0.15) is 16.4 Å². The number of aromatic nitrogens is 1. The number of rotatable bonds is 4. The average molecular weight is 303 g/mol. The van der Waals surface area contributed by atoms with Gasteiger partial charge < -0.3 is 15.8 Å². The molecule has 0 bridgehead atoms. The molecule has 1 aromatic carbocycles. The van der Waals surface area contributed by atoms with Gasteiger partial charge in [0.25, 0.3) is 0 Å². The van der Waals surface area contributed by atoms with E-state index in [4.69, 9.17) is 10.5 Å². The van der Waals surface area contributed by atoms with Crippen molar-refractivity contribution in [3.05, 3.63) is 24.3 Å². The molecule has 0 radical (unpaired) electrons. The van der Waals surface area contributed by atoms with E-state index in [1.165, 1.54) is 11.3 Å². The minimum atomic E-state index is 0.0483. The summed E-state index contributed by atoms with van der Waals surface area (Å²) in [6.07, 6.45) is 3.07. The summed E-state index contributed by atoms with van der Waals surface area (Å²) in [5.74, 6) is 0.933. The molecule has 1 heterocycles. The number of nitrogens with zero attached hydrogens (tertiary/aromatic N) is 1. The second kappa shape index (κ2) is 5.73. The second-order valence-electron chi connectivity index (χ2n) is 5.08. The molecule has 0 unspecified atom stereocenters. The molecule has 1 saturated carbocycles. The van der Waals surface area contributed by atoms with Crippen molar-refractivity contribution in [2.75, 3.05) is 18.2 Å². The first-order chi connectivity index (χ1) is 10.2. The summed E-state index contributed by atoms with van der Waals surface area (Å²) in [5.41, 5.74) is 7.59. The van der Waals surface area contributed by atoms with E-state index in [1.807, 2.05) is 24.3 Å². The minimum absolute atomic E-state index is 0.0483. The van der Waals surface area contributed by atoms with Gasteiger partial charge in [0.2, 0.25) is 5.91 Å². The monoisotopic (exact) mass is 303 g/mol. The molecular weight excluding hydrogens is 286 g/mol. The highest BCUT2D eigenvalue weighted by Crippen LogP contribution is 2.35. The molecule has 1 aromatic heterocycles. The number of anilines is 2. The van der Waals surface area contributed by atoms with Crippen LogP contribution in [0, 0.1) is 5.92 Å². The van der Waals surface area contributed by atoms with E-state index >= 15 is 0 Å². The van der Waals surface area contributed by atoms with Gasteiger partial charge in [0, 0.05) is 11.5 Å². The van der Waals surface area contributed by atoms with Crippen LogP contribution in [-0.2, 0) is 4.79 Å². The van der Waals surface area contributed by atoms with Gasteiger partial charge >= 0.3 is 0 Å². The van der Waals surface area contributed by atoms with Gasteiger partial charge in [-0.3, -0.25) is 4.79 Å². The normalized spacial score (nSPS) is 14.5. The van der Waals surface area contributed by atoms with Gasteiger partial charge in [-0.05, 0) is 25.0 Å². The molecule has 0 aliphatic heterocycles. The predicted molar refractivity (Wildman–Crippen MR) is 84.5 cm³/mol. The van der Waals surface area contributed by atoms with Crippen LogP contribution >= 0.6 is 11.3 Å². The summed E-state index contributed by atoms with van der Waals surface area (Å²) in [7, 11) is 1.62. The lowest BCUT2D eigenvalue weighted by molar-refractivity contribution is -0.122. The predicted octanol–water partition coefficient (Wildman–Crippen LogP) is 3.14. The Morgan fingerprint density at radius 1 is 1.48 bits per heavy atom. The third-order valence-electron chi connectivity index (χ3n) is 3.70. The highest BCUT2D eigenvalue weighted by molar-refractivity contribution is 7.20. The number of thiazole rings is 1. The molecule has 1 aliphatic rings. The number of benzene rings is 1. The fraction of sp³-hybridized carbons (Fsp3) is 0.333. The second-order valence-corrected chi connectivity index (χ2v) is 6.11. The van der Waals surface area contributed by atoms with E-state index in [2.05, 4.69) is 10.3 Å². The number of nitrogens with two attached hydrogens (primary N) is 1. The number of nitrogens with one attached hydrogen (secondary N) is 1. The zero-order valence-electron chi connectivity index (χ0n) is 11.8. The topological polar surface area (TPSA) is 77.2 Å². The molecule has 110 valence electrons. The minimum Gasteiger partial charge on any atom is -0.497 e. The third kappa shape index (κ3) is 2.85. The molecule has 2 aromatic rings. The molecule has 3 rings (SSSR count). The van der Waals surface area contributed by atoms with E-state index in [-0.39, 0.29) is 11.8 Å². The summed E-state index contributed by atoms with van der Waals surface area (Å²) in [5, 5.41) is 4.01. The molecular formula is C15H17N3O2S. The number of hydrogen-bond donors (Lipinski definition) is 2. The molecule has 0 saturated heterocycles. The molecule has 5 nitrogen and oxygen atoms in total. The molecule has 3 N–H and O–H groups in total. The van der Waals surface area contributed by atoms with Crippen LogP contribution in [0.2, 0.25) is 0 Å². The van der Waals surface area contributed by atoms with Crippen molar-refractivity contribution in [3.8, 4) is 17.0 Å². The van der Waals surface area contributed by atoms with E-state index in [1.54, 1.807) is 7.11 Å². The fourth-order valence-corrected chi connectivity index (χ4v) is 3.00. The summed E-state index contributed by atoms with van der Waals surface area (Å²) in [6.45, 7) is 0.